The number of carbonyl (C=O) groups is 1. The first kappa shape index (κ1) is 15.6. The molecule has 0 spiro atoms. The van der Waals surface area contributed by atoms with Crippen molar-refractivity contribution in [2.45, 2.75) is 6.92 Å². The van der Waals surface area contributed by atoms with Crippen LogP contribution in [0, 0.1) is 11.8 Å². The van der Waals surface area contributed by atoms with Crippen molar-refractivity contribution in [1.29, 1.82) is 0 Å². The van der Waals surface area contributed by atoms with Crippen molar-refractivity contribution >= 4 is 5.78 Å². The number of fused-ring (bicyclic) bond motifs is 1. The average molecular weight is 324 g/mol. The smallest absolute Gasteiger partial charge is 0.192 e. The molecular weight excluding hydrogens is 304 g/mol. The summed E-state index contributed by atoms with van der Waals surface area (Å²) in [6, 6.07) is 18.1. The first-order valence-electron chi connectivity index (χ1n) is 8.68. The number of carbonyl (C=O) groups excluding carboxylic acids is 1. The third kappa shape index (κ3) is 3.06. The summed E-state index contributed by atoms with van der Waals surface area (Å²) in [7, 11) is 0. The molecule has 2 unspecified atom stereocenters. The molecule has 0 N–H and O–H groups in total. The molecule has 0 heterocycles. The van der Waals surface area contributed by atoms with E-state index in [0.717, 1.165) is 27.8 Å². The summed E-state index contributed by atoms with van der Waals surface area (Å²) in [5.41, 5.74) is 4.93. The van der Waals surface area contributed by atoms with E-state index in [1.54, 1.807) is 0 Å². The molecule has 0 aliphatic heterocycles. The van der Waals surface area contributed by atoms with Crippen LogP contribution in [0.2, 0.25) is 0 Å². The van der Waals surface area contributed by atoms with Crippen LogP contribution >= 0.6 is 0 Å². The van der Waals surface area contributed by atoms with Gasteiger partial charge in [-0.25, -0.2) is 0 Å². The Morgan fingerprint density at radius 1 is 0.760 bits per heavy atom. The third-order valence-electron chi connectivity index (χ3n) is 4.95. The molecule has 1 nitrogen and oxygen atoms in total. The highest BCUT2D eigenvalue weighted by Crippen LogP contribution is 2.33. The molecule has 4 rings (SSSR count). The number of benzene rings is 2. The van der Waals surface area contributed by atoms with Crippen LogP contribution in [0.15, 0.2) is 102 Å². The largest absolute Gasteiger partial charge is 0.289 e. The van der Waals surface area contributed by atoms with Crippen LogP contribution in [-0.4, -0.2) is 5.78 Å². The number of allylic oxidation sites excluding steroid dienone is 8. The van der Waals surface area contributed by atoms with Crippen LogP contribution in [0.4, 0.5) is 0 Å². The lowest BCUT2D eigenvalue weighted by Gasteiger charge is -2.25. The van der Waals surface area contributed by atoms with Crippen LogP contribution in [0.5, 0.6) is 0 Å². The number of Topliss-reactive ketones (excluding diaryl/α,β-unsaturated/α-hetero) is 1. The molecule has 2 aromatic rings. The summed E-state index contributed by atoms with van der Waals surface area (Å²) in [6.07, 6.45) is 12.8. The van der Waals surface area contributed by atoms with Gasteiger partial charge in [-0.15, -0.1) is 0 Å². The van der Waals surface area contributed by atoms with E-state index < -0.39 is 0 Å². The molecule has 0 amide bonds. The number of hydrogen-bond acceptors (Lipinski definition) is 1. The third-order valence-corrected chi connectivity index (χ3v) is 4.95. The molecule has 2 aliphatic rings. The summed E-state index contributed by atoms with van der Waals surface area (Å²) >= 11 is 0. The maximum Gasteiger partial charge on any atom is 0.192 e. The van der Waals surface area contributed by atoms with Gasteiger partial charge in [-0.3, -0.25) is 4.79 Å². The predicted octanol–water partition coefficient (Wildman–Crippen LogP) is 5.78. The Balaban J connectivity index is 1.61. The van der Waals surface area contributed by atoms with Gasteiger partial charge in [0.2, 0.25) is 0 Å². The normalized spacial score (nSPS) is 21.3. The highest BCUT2D eigenvalue weighted by atomic mass is 16.1. The van der Waals surface area contributed by atoms with Gasteiger partial charge >= 0.3 is 0 Å². The molecule has 0 saturated carbocycles. The van der Waals surface area contributed by atoms with E-state index in [2.05, 4.69) is 48.6 Å². The Kier molecular flexibility index (Phi) is 4.07. The molecule has 2 aliphatic carbocycles. The van der Waals surface area contributed by atoms with Crippen molar-refractivity contribution < 1.29 is 4.79 Å². The summed E-state index contributed by atoms with van der Waals surface area (Å²) in [6.45, 7) is 2.03. The van der Waals surface area contributed by atoms with Gasteiger partial charge in [-0.05, 0) is 23.6 Å². The van der Waals surface area contributed by atoms with E-state index in [1.165, 1.54) is 0 Å². The topological polar surface area (TPSA) is 17.1 Å². The molecule has 0 fully saturated rings. The molecule has 122 valence electrons. The number of rotatable bonds is 3. The quantitative estimate of drug-likeness (QED) is 0.654. The molecule has 0 aromatic heterocycles. The molecule has 1 heteroatoms. The van der Waals surface area contributed by atoms with Crippen molar-refractivity contribution in [3.8, 4) is 11.1 Å². The molecule has 0 saturated heterocycles. The zero-order chi connectivity index (χ0) is 17.2. The van der Waals surface area contributed by atoms with Crippen LogP contribution < -0.4 is 0 Å². The summed E-state index contributed by atoms with van der Waals surface area (Å²) in [5.74, 6) is 0.771. The van der Waals surface area contributed by atoms with E-state index >= 15 is 0 Å². The van der Waals surface area contributed by atoms with E-state index in [-0.39, 0.29) is 11.7 Å². The number of ketones is 1. The summed E-state index contributed by atoms with van der Waals surface area (Å²) < 4.78 is 0. The molecule has 2 aromatic carbocycles. The Bertz CT molecular complexity index is 908. The van der Waals surface area contributed by atoms with Crippen molar-refractivity contribution in [3.05, 3.63) is 108 Å². The zero-order valence-electron chi connectivity index (χ0n) is 14.2. The first-order valence-corrected chi connectivity index (χ1v) is 8.68. The Hall–Kier alpha value is -2.93. The minimum atomic E-state index is 0.106. The summed E-state index contributed by atoms with van der Waals surface area (Å²) in [4.78, 5) is 13.0. The standard InChI is InChI=1S/C24H20O/c1-17-15-21-9-5-6-10-22(21)16-23(17)24(25)20-13-11-19(12-14-20)18-7-3-2-4-8-18/h2-16,21-22H,1H3. The van der Waals surface area contributed by atoms with Gasteiger partial charge in [0.05, 0.1) is 0 Å². The molecule has 0 bridgehead atoms. The van der Waals surface area contributed by atoms with Crippen molar-refractivity contribution in [1.82, 2.24) is 0 Å². The van der Waals surface area contributed by atoms with Crippen LogP contribution in [0.3, 0.4) is 0 Å². The van der Waals surface area contributed by atoms with Gasteiger partial charge in [-0.2, -0.15) is 0 Å². The monoisotopic (exact) mass is 324 g/mol. The first-order chi connectivity index (χ1) is 12.2. The van der Waals surface area contributed by atoms with Crippen LogP contribution in [-0.2, 0) is 0 Å². The average Bonchev–Trinajstić information content (AvgIpc) is 2.68. The van der Waals surface area contributed by atoms with Gasteiger partial charge in [0.15, 0.2) is 5.78 Å². The second-order valence-corrected chi connectivity index (χ2v) is 6.63. The second-order valence-electron chi connectivity index (χ2n) is 6.63. The van der Waals surface area contributed by atoms with Crippen LogP contribution in [0.25, 0.3) is 11.1 Å². The fourth-order valence-electron chi connectivity index (χ4n) is 3.53. The lowest BCUT2D eigenvalue weighted by molar-refractivity contribution is 0.103. The maximum atomic E-state index is 13.0. The van der Waals surface area contributed by atoms with E-state index in [9.17, 15) is 4.79 Å². The van der Waals surface area contributed by atoms with Gasteiger partial charge in [0, 0.05) is 23.0 Å². The van der Waals surface area contributed by atoms with Gasteiger partial charge < -0.3 is 0 Å². The molecule has 25 heavy (non-hydrogen) atoms. The molecule has 0 radical (unpaired) electrons. The maximum absolute atomic E-state index is 13.0. The fourth-order valence-corrected chi connectivity index (χ4v) is 3.53. The highest BCUT2D eigenvalue weighted by molar-refractivity contribution is 6.11. The predicted molar refractivity (Wildman–Crippen MR) is 103 cm³/mol. The zero-order valence-corrected chi connectivity index (χ0v) is 14.2. The van der Waals surface area contributed by atoms with Gasteiger partial charge in [-0.1, -0.05) is 91.1 Å². The SMILES string of the molecule is CC1=CC2C=CC=CC2C=C1C(=O)c1ccc(-c2ccccc2)cc1. The van der Waals surface area contributed by atoms with Gasteiger partial charge in [0.1, 0.15) is 0 Å². The highest BCUT2D eigenvalue weighted by Gasteiger charge is 2.24. The van der Waals surface area contributed by atoms with E-state index in [1.807, 2.05) is 49.4 Å². The van der Waals surface area contributed by atoms with Gasteiger partial charge in [0.25, 0.3) is 0 Å². The van der Waals surface area contributed by atoms with E-state index in [4.69, 9.17) is 0 Å². The second kappa shape index (κ2) is 6.52. The van der Waals surface area contributed by atoms with Crippen molar-refractivity contribution in [3.63, 3.8) is 0 Å². The Morgan fingerprint density at radius 2 is 1.36 bits per heavy atom. The Labute approximate surface area is 148 Å². The minimum absolute atomic E-state index is 0.106. The fraction of sp³-hybridized carbons (Fsp3) is 0.125. The lowest BCUT2D eigenvalue weighted by atomic mass is 9.78. The lowest BCUT2D eigenvalue weighted by Crippen LogP contribution is -2.17. The molecule has 2 atom stereocenters. The van der Waals surface area contributed by atoms with Crippen LogP contribution in [0.1, 0.15) is 17.3 Å². The van der Waals surface area contributed by atoms with Crippen molar-refractivity contribution in [2.75, 3.05) is 0 Å². The van der Waals surface area contributed by atoms with E-state index in [0.29, 0.717) is 5.92 Å². The Morgan fingerprint density at radius 3 is 2.04 bits per heavy atom. The minimum Gasteiger partial charge on any atom is -0.289 e. The number of hydrogen-bond donors (Lipinski definition) is 0. The summed E-state index contributed by atoms with van der Waals surface area (Å²) in [5, 5.41) is 0. The molecular formula is C24H20O. The van der Waals surface area contributed by atoms with Crippen molar-refractivity contribution in [2.24, 2.45) is 11.8 Å².